The summed E-state index contributed by atoms with van der Waals surface area (Å²) < 4.78 is 13.6. The molecule has 0 spiro atoms. The fourth-order valence-electron chi connectivity index (χ4n) is 2.17. The Bertz CT molecular complexity index is 664. The zero-order chi connectivity index (χ0) is 15.8. The summed E-state index contributed by atoms with van der Waals surface area (Å²) in [6.07, 6.45) is 1.96. The number of amides is 2. The quantitative estimate of drug-likeness (QED) is 0.684. The molecule has 1 aromatic rings. The Morgan fingerprint density at radius 1 is 1.38 bits per heavy atom. The van der Waals surface area contributed by atoms with Gasteiger partial charge in [0.2, 0.25) is 11.8 Å². The monoisotopic (exact) mass is 291 g/mol. The van der Waals surface area contributed by atoms with E-state index in [-0.39, 0.29) is 29.5 Å². The van der Waals surface area contributed by atoms with Gasteiger partial charge in [-0.05, 0) is 24.3 Å². The summed E-state index contributed by atoms with van der Waals surface area (Å²) >= 11 is 0. The number of carboxylic acid groups (broad SMARTS) is 1. The number of anilines is 1. The van der Waals surface area contributed by atoms with Crippen molar-refractivity contribution < 1.29 is 23.9 Å². The van der Waals surface area contributed by atoms with Crippen LogP contribution in [0.5, 0.6) is 0 Å². The predicted molar refractivity (Wildman–Crippen MR) is 74.0 cm³/mol. The maximum absolute atomic E-state index is 13.6. The number of carboxylic acids is 1. The molecule has 0 bridgehead atoms. The van der Waals surface area contributed by atoms with E-state index >= 15 is 0 Å². The normalized spacial score (nSPS) is 17.8. The molecule has 110 valence electrons. The van der Waals surface area contributed by atoms with Crippen LogP contribution in [0.4, 0.5) is 10.1 Å². The van der Waals surface area contributed by atoms with Gasteiger partial charge in [0.05, 0.1) is 11.1 Å². The lowest BCUT2D eigenvalue weighted by molar-refractivity contribution is -0.131. The first-order valence-corrected chi connectivity index (χ1v) is 6.30. The lowest BCUT2D eigenvalue weighted by Gasteiger charge is -2.18. The zero-order valence-corrected chi connectivity index (χ0v) is 11.6. The van der Waals surface area contributed by atoms with E-state index in [2.05, 4.69) is 0 Å². The molecule has 1 aliphatic heterocycles. The molecule has 1 fully saturated rings. The molecule has 1 aliphatic rings. The first-order valence-electron chi connectivity index (χ1n) is 6.30. The van der Waals surface area contributed by atoms with E-state index < -0.39 is 17.2 Å². The Morgan fingerprint density at radius 2 is 2.05 bits per heavy atom. The number of carbonyl (C=O) groups excluding carboxylic acids is 2. The van der Waals surface area contributed by atoms with Crippen LogP contribution in [0.1, 0.15) is 25.8 Å². The summed E-state index contributed by atoms with van der Waals surface area (Å²) in [6.45, 7) is 3.34. The summed E-state index contributed by atoms with van der Waals surface area (Å²) in [5.41, 5.74) is -0.551. The largest absolute Gasteiger partial charge is 0.478 e. The third kappa shape index (κ3) is 2.84. The first kappa shape index (κ1) is 14.9. The zero-order valence-electron chi connectivity index (χ0n) is 11.6. The van der Waals surface area contributed by atoms with Gasteiger partial charge in [-0.25, -0.2) is 9.18 Å². The first-order chi connectivity index (χ1) is 9.72. The van der Waals surface area contributed by atoms with Crippen LogP contribution < -0.4 is 4.90 Å². The third-order valence-corrected chi connectivity index (χ3v) is 3.27. The smallest absolute Gasteiger partial charge is 0.328 e. The number of aliphatic carboxylic acids is 1. The summed E-state index contributed by atoms with van der Waals surface area (Å²) in [5, 5.41) is 8.57. The van der Waals surface area contributed by atoms with Gasteiger partial charge < -0.3 is 5.11 Å². The molecule has 0 unspecified atom stereocenters. The average molecular weight is 291 g/mol. The van der Waals surface area contributed by atoms with Crippen LogP contribution in [-0.4, -0.2) is 22.9 Å². The highest BCUT2D eigenvalue weighted by molar-refractivity contribution is 6.22. The van der Waals surface area contributed by atoms with Crippen LogP contribution in [0.25, 0.3) is 6.08 Å². The highest BCUT2D eigenvalue weighted by Gasteiger charge is 2.45. The van der Waals surface area contributed by atoms with Gasteiger partial charge in [0.25, 0.3) is 0 Å². The maximum atomic E-state index is 13.6. The van der Waals surface area contributed by atoms with Gasteiger partial charge in [-0.15, -0.1) is 0 Å². The summed E-state index contributed by atoms with van der Waals surface area (Å²) in [6, 6.07) is 3.71. The molecular weight excluding hydrogens is 277 g/mol. The fraction of sp³-hybridized carbons (Fsp3) is 0.267. The highest BCUT2D eigenvalue weighted by atomic mass is 19.1. The molecule has 0 atom stereocenters. The number of imide groups is 1. The molecule has 1 saturated heterocycles. The molecule has 6 heteroatoms. The van der Waals surface area contributed by atoms with Crippen LogP contribution in [0.15, 0.2) is 24.3 Å². The van der Waals surface area contributed by atoms with Crippen LogP contribution in [-0.2, 0) is 14.4 Å². The molecule has 1 heterocycles. The van der Waals surface area contributed by atoms with Crippen LogP contribution in [0, 0.1) is 11.2 Å². The van der Waals surface area contributed by atoms with E-state index in [1.54, 1.807) is 13.8 Å². The molecule has 0 aliphatic carbocycles. The number of halogens is 1. The van der Waals surface area contributed by atoms with Crippen LogP contribution in [0.2, 0.25) is 0 Å². The van der Waals surface area contributed by atoms with E-state index in [4.69, 9.17) is 5.11 Å². The maximum Gasteiger partial charge on any atom is 0.328 e. The van der Waals surface area contributed by atoms with E-state index in [0.717, 1.165) is 23.1 Å². The van der Waals surface area contributed by atoms with Crippen molar-refractivity contribution >= 4 is 29.5 Å². The van der Waals surface area contributed by atoms with Crippen molar-refractivity contribution in [3.8, 4) is 0 Å². The number of benzene rings is 1. The van der Waals surface area contributed by atoms with Gasteiger partial charge in [0, 0.05) is 18.1 Å². The summed E-state index contributed by atoms with van der Waals surface area (Å²) in [5.74, 6) is -2.55. The van der Waals surface area contributed by atoms with E-state index in [1.807, 2.05) is 0 Å². The minimum absolute atomic E-state index is 0.000191. The molecule has 5 nitrogen and oxygen atoms in total. The second-order valence-electron chi connectivity index (χ2n) is 5.47. The van der Waals surface area contributed by atoms with Crippen LogP contribution in [0.3, 0.4) is 0 Å². The SMILES string of the molecule is CC1(C)CC(=O)N(c2ccc(F)c(/C=C/C(=O)O)c2)C1=O. The second-order valence-corrected chi connectivity index (χ2v) is 5.47. The number of nitrogens with zero attached hydrogens (tertiary/aromatic N) is 1. The molecule has 1 N–H and O–H groups in total. The van der Waals surface area contributed by atoms with Gasteiger partial charge in [-0.3, -0.25) is 14.5 Å². The third-order valence-electron chi connectivity index (χ3n) is 3.27. The molecular formula is C15H14FNO4. The summed E-state index contributed by atoms with van der Waals surface area (Å²) in [4.78, 5) is 35.7. The minimum Gasteiger partial charge on any atom is -0.478 e. The van der Waals surface area contributed by atoms with Gasteiger partial charge >= 0.3 is 5.97 Å². The highest BCUT2D eigenvalue weighted by Crippen LogP contribution is 2.35. The van der Waals surface area contributed by atoms with Crippen molar-refractivity contribution in [2.45, 2.75) is 20.3 Å². The number of hydrogen-bond acceptors (Lipinski definition) is 3. The van der Waals surface area contributed by atoms with Crippen molar-refractivity contribution in [3.05, 3.63) is 35.7 Å². The van der Waals surface area contributed by atoms with E-state index in [1.165, 1.54) is 12.1 Å². The average Bonchev–Trinajstić information content (AvgIpc) is 2.58. The van der Waals surface area contributed by atoms with Crippen molar-refractivity contribution in [3.63, 3.8) is 0 Å². The molecule has 1 aromatic carbocycles. The second kappa shape index (κ2) is 5.12. The van der Waals surface area contributed by atoms with Gasteiger partial charge in [0.15, 0.2) is 0 Å². The molecule has 2 amide bonds. The number of hydrogen-bond donors (Lipinski definition) is 1. The Kier molecular flexibility index (Phi) is 3.63. The fourth-order valence-corrected chi connectivity index (χ4v) is 2.17. The number of carbonyl (C=O) groups is 3. The van der Waals surface area contributed by atoms with Gasteiger partial charge in [-0.2, -0.15) is 0 Å². The Morgan fingerprint density at radius 3 is 2.57 bits per heavy atom. The summed E-state index contributed by atoms with van der Waals surface area (Å²) in [7, 11) is 0. The Hall–Kier alpha value is -2.50. The van der Waals surface area contributed by atoms with Crippen molar-refractivity contribution in [2.75, 3.05) is 4.90 Å². The molecule has 0 radical (unpaired) electrons. The Balaban J connectivity index is 2.42. The van der Waals surface area contributed by atoms with E-state index in [9.17, 15) is 18.8 Å². The van der Waals surface area contributed by atoms with Gasteiger partial charge in [0.1, 0.15) is 5.82 Å². The molecule has 2 rings (SSSR count). The molecule has 0 aromatic heterocycles. The van der Waals surface area contributed by atoms with Crippen molar-refractivity contribution in [1.82, 2.24) is 0 Å². The Labute approximate surface area is 120 Å². The molecule has 0 saturated carbocycles. The van der Waals surface area contributed by atoms with Crippen molar-refractivity contribution in [1.29, 1.82) is 0 Å². The van der Waals surface area contributed by atoms with Crippen molar-refractivity contribution in [2.24, 2.45) is 5.41 Å². The minimum atomic E-state index is -1.21. The van der Waals surface area contributed by atoms with Gasteiger partial charge in [-0.1, -0.05) is 13.8 Å². The van der Waals surface area contributed by atoms with Crippen LogP contribution >= 0.6 is 0 Å². The molecule has 21 heavy (non-hydrogen) atoms. The predicted octanol–water partition coefficient (Wildman–Crippen LogP) is 2.21. The lowest BCUT2D eigenvalue weighted by atomic mass is 9.92. The topological polar surface area (TPSA) is 74.7 Å². The lowest BCUT2D eigenvalue weighted by Crippen LogP contribution is -2.33. The standard InChI is InChI=1S/C15H14FNO4/c1-15(2)8-12(18)17(14(15)21)10-4-5-11(16)9(7-10)3-6-13(19)20/h3-7H,8H2,1-2H3,(H,19,20)/b6-3+. The van der Waals surface area contributed by atoms with E-state index in [0.29, 0.717) is 0 Å². The number of rotatable bonds is 3.